The highest BCUT2D eigenvalue weighted by atomic mass is 16.2. The van der Waals surface area contributed by atoms with Gasteiger partial charge < -0.3 is 5.32 Å². The summed E-state index contributed by atoms with van der Waals surface area (Å²) in [4.78, 5) is 20.5. The van der Waals surface area contributed by atoms with E-state index in [1.54, 1.807) is 24.3 Å². The molecule has 4 N–H and O–H groups in total. The molecule has 1 aromatic heterocycles. The van der Waals surface area contributed by atoms with Gasteiger partial charge in [-0.25, -0.2) is 15.8 Å². The summed E-state index contributed by atoms with van der Waals surface area (Å²) in [5.41, 5.74) is 5.91. The van der Waals surface area contributed by atoms with Gasteiger partial charge in [0.15, 0.2) is 5.82 Å². The zero-order chi connectivity index (χ0) is 15.5. The number of rotatable bonds is 3. The van der Waals surface area contributed by atoms with Gasteiger partial charge in [0.05, 0.1) is 16.7 Å². The molecule has 0 atom stereocenters. The molecule has 0 saturated heterocycles. The number of carbonyl (C=O) groups excluding carboxylic acids is 1. The Labute approximate surface area is 127 Å². The molecule has 0 bridgehead atoms. The third-order valence-corrected chi connectivity index (χ3v) is 3.29. The molecule has 0 aliphatic rings. The number of hydrogen-bond donors (Lipinski definition) is 3. The molecular formula is C16H15N5O. The number of benzene rings is 2. The van der Waals surface area contributed by atoms with Gasteiger partial charge in [0, 0.05) is 11.3 Å². The average Bonchev–Trinajstić information content (AvgIpc) is 2.55. The van der Waals surface area contributed by atoms with Crippen molar-refractivity contribution >= 4 is 28.4 Å². The molecule has 110 valence electrons. The van der Waals surface area contributed by atoms with Crippen LogP contribution in [0.5, 0.6) is 0 Å². The molecule has 22 heavy (non-hydrogen) atoms. The van der Waals surface area contributed by atoms with E-state index >= 15 is 0 Å². The van der Waals surface area contributed by atoms with E-state index < -0.39 is 0 Å². The number of aromatic nitrogens is 2. The first-order chi connectivity index (χ1) is 10.7. The molecule has 3 aromatic rings. The summed E-state index contributed by atoms with van der Waals surface area (Å²) in [6, 6.07) is 14.7. The Morgan fingerprint density at radius 2 is 1.64 bits per heavy atom. The molecule has 3 rings (SSSR count). The molecule has 0 fully saturated rings. The Kier molecular flexibility index (Phi) is 3.67. The molecule has 0 saturated carbocycles. The minimum Gasteiger partial charge on any atom is -0.339 e. The fraction of sp³-hybridized carbons (Fsp3) is 0.0625. The van der Waals surface area contributed by atoms with Crippen LogP contribution in [0, 0.1) is 6.92 Å². The van der Waals surface area contributed by atoms with Crippen LogP contribution in [0.15, 0.2) is 48.5 Å². The number of amides is 1. The molecule has 0 aliphatic carbocycles. The zero-order valence-corrected chi connectivity index (χ0v) is 12.0. The first-order valence-electron chi connectivity index (χ1n) is 6.79. The monoisotopic (exact) mass is 293 g/mol. The molecule has 0 spiro atoms. The number of nitrogens with two attached hydrogens (primary N) is 1. The van der Waals surface area contributed by atoms with Gasteiger partial charge >= 0.3 is 0 Å². The minimum atomic E-state index is -0.326. The van der Waals surface area contributed by atoms with Crippen molar-refractivity contribution < 1.29 is 4.79 Å². The summed E-state index contributed by atoms with van der Waals surface area (Å²) in [6.45, 7) is 1.90. The Morgan fingerprint density at radius 1 is 1.00 bits per heavy atom. The predicted octanol–water partition coefficient (Wildman–Crippen LogP) is 2.29. The fourth-order valence-electron chi connectivity index (χ4n) is 2.13. The van der Waals surface area contributed by atoms with E-state index in [9.17, 15) is 4.79 Å². The van der Waals surface area contributed by atoms with Gasteiger partial charge in [0.25, 0.3) is 5.91 Å². The first-order valence-corrected chi connectivity index (χ1v) is 6.79. The van der Waals surface area contributed by atoms with Crippen molar-refractivity contribution in [1.29, 1.82) is 0 Å². The second-order valence-corrected chi connectivity index (χ2v) is 4.82. The molecule has 1 amide bonds. The number of nitrogen functional groups attached to an aromatic ring is 1. The maximum atomic E-state index is 11.4. The summed E-state index contributed by atoms with van der Waals surface area (Å²) >= 11 is 0. The number of aryl methyl sites for hydroxylation is 1. The van der Waals surface area contributed by atoms with E-state index in [0.717, 1.165) is 22.4 Å². The van der Waals surface area contributed by atoms with E-state index in [1.807, 2.05) is 31.2 Å². The van der Waals surface area contributed by atoms with Gasteiger partial charge in [-0.3, -0.25) is 10.2 Å². The summed E-state index contributed by atoms with van der Waals surface area (Å²) in [5, 5.41) is 3.21. The Bertz CT molecular complexity index is 830. The molecule has 1 heterocycles. The molecule has 2 aromatic carbocycles. The van der Waals surface area contributed by atoms with Gasteiger partial charge in [-0.2, -0.15) is 0 Å². The number of anilines is 2. The normalized spacial score (nSPS) is 10.5. The Hall–Kier alpha value is -2.99. The van der Waals surface area contributed by atoms with Crippen LogP contribution in [0.3, 0.4) is 0 Å². The van der Waals surface area contributed by atoms with Crippen molar-refractivity contribution in [1.82, 2.24) is 15.4 Å². The highest BCUT2D eigenvalue weighted by molar-refractivity contribution is 5.94. The van der Waals surface area contributed by atoms with Crippen molar-refractivity contribution in [3.8, 4) is 0 Å². The fourth-order valence-corrected chi connectivity index (χ4v) is 2.13. The lowest BCUT2D eigenvalue weighted by molar-refractivity contribution is 0.0953. The van der Waals surface area contributed by atoms with E-state index in [1.165, 1.54) is 0 Å². The Morgan fingerprint density at radius 3 is 2.27 bits per heavy atom. The number of para-hydroxylation sites is 2. The lowest BCUT2D eigenvalue weighted by Crippen LogP contribution is -2.29. The molecule has 0 unspecified atom stereocenters. The quantitative estimate of drug-likeness (QED) is 0.391. The lowest BCUT2D eigenvalue weighted by Gasteiger charge is -2.10. The molecule has 6 nitrogen and oxygen atoms in total. The molecular weight excluding hydrogens is 278 g/mol. The SMILES string of the molecule is Cc1nc2ccccc2nc1Nc1ccc(C(=O)NN)cc1. The Balaban J connectivity index is 1.89. The van der Waals surface area contributed by atoms with Crippen molar-refractivity contribution in [3.05, 3.63) is 59.8 Å². The van der Waals surface area contributed by atoms with Crippen molar-refractivity contribution in [2.45, 2.75) is 6.92 Å². The highest BCUT2D eigenvalue weighted by Gasteiger charge is 2.06. The largest absolute Gasteiger partial charge is 0.339 e. The number of nitrogens with zero attached hydrogens (tertiary/aromatic N) is 2. The van der Waals surface area contributed by atoms with Crippen LogP contribution >= 0.6 is 0 Å². The van der Waals surface area contributed by atoms with Gasteiger partial charge in [-0.15, -0.1) is 0 Å². The van der Waals surface area contributed by atoms with Gasteiger partial charge in [-0.1, -0.05) is 12.1 Å². The standard InChI is InChI=1S/C16H15N5O/c1-10-15(20-14-5-3-2-4-13(14)18-10)19-12-8-6-11(7-9-12)16(22)21-17/h2-9H,17H2,1H3,(H,19,20)(H,21,22). The third-order valence-electron chi connectivity index (χ3n) is 3.29. The van der Waals surface area contributed by atoms with Crippen molar-refractivity contribution in [2.75, 3.05) is 5.32 Å². The lowest BCUT2D eigenvalue weighted by atomic mass is 10.2. The second kappa shape index (κ2) is 5.79. The van der Waals surface area contributed by atoms with Crippen LogP contribution in [0.1, 0.15) is 16.1 Å². The van der Waals surface area contributed by atoms with Crippen molar-refractivity contribution in [3.63, 3.8) is 0 Å². The van der Waals surface area contributed by atoms with E-state index in [2.05, 4.69) is 20.7 Å². The zero-order valence-electron chi connectivity index (χ0n) is 12.0. The summed E-state index contributed by atoms with van der Waals surface area (Å²) < 4.78 is 0. The molecule has 6 heteroatoms. The minimum absolute atomic E-state index is 0.326. The van der Waals surface area contributed by atoms with Crippen LogP contribution < -0.4 is 16.6 Å². The summed E-state index contributed by atoms with van der Waals surface area (Å²) in [6.07, 6.45) is 0. The molecule has 0 radical (unpaired) electrons. The smallest absolute Gasteiger partial charge is 0.265 e. The van der Waals surface area contributed by atoms with Crippen LogP contribution in [-0.2, 0) is 0 Å². The van der Waals surface area contributed by atoms with Gasteiger partial charge in [0.1, 0.15) is 0 Å². The number of nitrogens with one attached hydrogen (secondary N) is 2. The third kappa shape index (κ3) is 2.72. The van der Waals surface area contributed by atoms with Gasteiger partial charge in [0.2, 0.25) is 0 Å². The van der Waals surface area contributed by atoms with Crippen LogP contribution in [-0.4, -0.2) is 15.9 Å². The molecule has 0 aliphatic heterocycles. The average molecular weight is 293 g/mol. The summed E-state index contributed by atoms with van der Waals surface area (Å²) in [7, 11) is 0. The maximum absolute atomic E-state index is 11.4. The van der Waals surface area contributed by atoms with Crippen LogP contribution in [0.25, 0.3) is 11.0 Å². The van der Waals surface area contributed by atoms with Crippen LogP contribution in [0.2, 0.25) is 0 Å². The van der Waals surface area contributed by atoms with E-state index in [-0.39, 0.29) is 5.91 Å². The number of hydrazine groups is 1. The topological polar surface area (TPSA) is 92.9 Å². The maximum Gasteiger partial charge on any atom is 0.265 e. The number of carbonyl (C=O) groups is 1. The number of fused-ring (bicyclic) bond motifs is 1. The highest BCUT2D eigenvalue weighted by Crippen LogP contribution is 2.20. The van der Waals surface area contributed by atoms with E-state index in [0.29, 0.717) is 11.4 Å². The number of hydrogen-bond acceptors (Lipinski definition) is 5. The second-order valence-electron chi connectivity index (χ2n) is 4.82. The summed E-state index contributed by atoms with van der Waals surface area (Å²) in [5.74, 6) is 5.47. The van der Waals surface area contributed by atoms with E-state index in [4.69, 9.17) is 5.84 Å². The predicted molar refractivity (Wildman–Crippen MR) is 85.7 cm³/mol. The van der Waals surface area contributed by atoms with Crippen molar-refractivity contribution in [2.24, 2.45) is 5.84 Å². The van der Waals surface area contributed by atoms with Crippen LogP contribution in [0.4, 0.5) is 11.5 Å². The van der Waals surface area contributed by atoms with Gasteiger partial charge in [-0.05, 0) is 43.3 Å². The first kappa shape index (κ1) is 14.0.